The van der Waals surface area contributed by atoms with Crippen LogP contribution < -0.4 is 0 Å². The first kappa shape index (κ1) is 14.0. The summed E-state index contributed by atoms with van der Waals surface area (Å²) in [4.78, 5) is 11.6. The third-order valence-corrected chi connectivity index (χ3v) is 4.54. The Balaban J connectivity index is 2.22. The minimum Gasteiger partial charge on any atom is -0.481 e. The van der Waals surface area contributed by atoms with Crippen molar-refractivity contribution in [2.24, 2.45) is 5.41 Å². The molecule has 0 unspecified atom stereocenters. The molecule has 106 valence electrons. The summed E-state index contributed by atoms with van der Waals surface area (Å²) in [6.45, 7) is 4.20. The van der Waals surface area contributed by atoms with Crippen LogP contribution in [0.2, 0.25) is 0 Å². The van der Waals surface area contributed by atoms with Crippen molar-refractivity contribution < 1.29 is 9.90 Å². The average molecular weight is 266 g/mol. The predicted octanol–water partition coefficient (Wildman–Crippen LogP) is 2.22. The summed E-state index contributed by atoms with van der Waals surface area (Å²) in [5, 5.41) is 21.4. The SMILES string of the molecule is CCC(CC)(Cn1nnnc1C1CCCC1)C(=O)O. The van der Waals surface area contributed by atoms with Crippen LogP contribution >= 0.6 is 0 Å². The van der Waals surface area contributed by atoms with Crippen molar-refractivity contribution in [3.8, 4) is 0 Å². The topological polar surface area (TPSA) is 80.9 Å². The van der Waals surface area contributed by atoms with E-state index in [0.717, 1.165) is 18.7 Å². The number of aliphatic carboxylic acids is 1. The summed E-state index contributed by atoms with van der Waals surface area (Å²) in [5.41, 5.74) is -0.761. The molecule has 19 heavy (non-hydrogen) atoms. The number of nitrogens with zero attached hydrogens (tertiary/aromatic N) is 4. The van der Waals surface area contributed by atoms with Crippen molar-refractivity contribution in [3.63, 3.8) is 0 Å². The van der Waals surface area contributed by atoms with Crippen molar-refractivity contribution in [1.29, 1.82) is 0 Å². The molecule has 0 atom stereocenters. The maximum Gasteiger partial charge on any atom is 0.311 e. The molecule has 1 saturated carbocycles. The average Bonchev–Trinajstić information content (AvgIpc) is 3.06. The van der Waals surface area contributed by atoms with Crippen molar-refractivity contribution in [3.05, 3.63) is 5.82 Å². The second-order valence-electron chi connectivity index (χ2n) is 5.47. The van der Waals surface area contributed by atoms with Gasteiger partial charge in [0.2, 0.25) is 0 Å². The molecule has 0 amide bonds. The summed E-state index contributed by atoms with van der Waals surface area (Å²) in [7, 11) is 0. The van der Waals surface area contributed by atoms with Gasteiger partial charge in [0, 0.05) is 5.92 Å². The number of tetrazole rings is 1. The fourth-order valence-corrected chi connectivity index (χ4v) is 2.93. The molecule has 0 radical (unpaired) electrons. The molecule has 2 rings (SSSR count). The number of aromatic nitrogens is 4. The van der Waals surface area contributed by atoms with Crippen LogP contribution in [0.5, 0.6) is 0 Å². The molecule has 1 aromatic rings. The van der Waals surface area contributed by atoms with Gasteiger partial charge in [0.25, 0.3) is 0 Å². The van der Waals surface area contributed by atoms with Crippen molar-refractivity contribution in [1.82, 2.24) is 20.2 Å². The van der Waals surface area contributed by atoms with Crippen LogP contribution in [-0.4, -0.2) is 31.3 Å². The minimum absolute atomic E-state index is 0.369. The van der Waals surface area contributed by atoms with E-state index in [0.29, 0.717) is 25.3 Å². The van der Waals surface area contributed by atoms with Crippen LogP contribution in [0.4, 0.5) is 0 Å². The Hall–Kier alpha value is -1.46. The Bertz CT molecular complexity index is 434. The molecule has 0 saturated heterocycles. The second-order valence-corrected chi connectivity index (χ2v) is 5.47. The van der Waals surface area contributed by atoms with Crippen LogP contribution in [0.25, 0.3) is 0 Å². The smallest absolute Gasteiger partial charge is 0.311 e. The van der Waals surface area contributed by atoms with Crippen molar-refractivity contribution in [2.45, 2.75) is 64.8 Å². The van der Waals surface area contributed by atoms with Crippen LogP contribution in [0, 0.1) is 5.41 Å². The van der Waals surface area contributed by atoms with Gasteiger partial charge >= 0.3 is 5.97 Å². The molecule has 1 N–H and O–H groups in total. The Morgan fingerprint density at radius 2 is 2.00 bits per heavy atom. The Morgan fingerprint density at radius 3 is 2.53 bits per heavy atom. The highest BCUT2D eigenvalue weighted by Crippen LogP contribution is 2.34. The normalized spacial score (nSPS) is 16.9. The van der Waals surface area contributed by atoms with Gasteiger partial charge in [0.15, 0.2) is 5.82 Å². The number of carboxylic acids is 1. The molecule has 1 heterocycles. The van der Waals surface area contributed by atoms with Gasteiger partial charge in [0.1, 0.15) is 0 Å². The highest BCUT2D eigenvalue weighted by Gasteiger charge is 2.37. The fraction of sp³-hybridized carbons (Fsp3) is 0.846. The fourth-order valence-electron chi connectivity index (χ4n) is 2.93. The Morgan fingerprint density at radius 1 is 1.37 bits per heavy atom. The van der Waals surface area contributed by atoms with Gasteiger partial charge in [-0.05, 0) is 36.1 Å². The van der Waals surface area contributed by atoms with E-state index < -0.39 is 11.4 Å². The predicted molar refractivity (Wildman–Crippen MR) is 69.7 cm³/mol. The van der Waals surface area contributed by atoms with Crippen LogP contribution in [-0.2, 0) is 11.3 Å². The number of rotatable bonds is 6. The lowest BCUT2D eigenvalue weighted by Gasteiger charge is -2.27. The van der Waals surface area contributed by atoms with E-state index in [1.807, 2.05) is 13.8 Å². The van der Waals surface area contributed by atoms with Crippen LogP contribution in [0.1, 0.15) is 64.1 Å². The van der Waals surface area contributed by atoms with Gasteiger partial charge in [-0.1, -0.05) is 26.7 Å². The molecule has 1 aliphatic carbocycles. The van der Waals surface area contributed by atoms with Gasteiger partial charge in [-0.3, -0.25) is 4.79 Å². The van der Waals surface area contributed by atoms with E-state index in [-0.39, 0.29) is 0 Å². The summed E-state index contributed by atoms with van der Waals surface area (Å²) >= 11 is 0. The minimum atomic E-state index is -0.761. The van der Waals surface area contributed by atoms with Gasteiger partial charge in [-0.2, -0.15) is 0 Å². The van der Waals surface area contributed by atoms with Crippen LogP contribution in [0.15, 0.2) is 0 Å². The first-order valence-corrected chi connectivity index (χ1v) is 7.12. The van der Waals surface area contributed by atoms with E-state index in [1.54, 1.807) is 4.68 Å². The number of hydrogen-bond acceptors (Lipinski definition) is 4. The monoisotopic (exact) mass is 266 g/mol. The zero-order chi connectivity index (χ0) is 13.9. The molecule has 6 nitrogen and oxygen atoms in total. The lowest BCUT2D eigenvalue weighted by Crippen LogP contribution is -2.35. The molecular weight excluding hydrogens is 244 g/mol. The molecule has 0 bridgehead atoms. The molecule has 0 spiro atoms. The molecule has 1 aromatic heterocycles. The Labute approximate surface area is 113 Å². The van der Waals surface area contributed by atoms with E-state index >= 15 is 0 Å². The molecule has 0 aromatic carbocycles. The van der Waals surface area contributed by atoms with Gasteiger partial charge in [0.05, 0.1) is 12.0 Å². The highest BCUT2D eigenvalue weighted by atomic mass is 16.4. The van der Waals surface area contributed by atoms with E-state index in [4.69, 9.17) is 0 Å². The summed E-state index contributed by atoms with van der Waals surface area (Å²) in [5.74, 6) is 0.505. The first-order valence-electron chi connectivity index (χ1n) is 7.12. The summed E-state index contributed by atoms with van der Waals surface area (Å²) in [6, 6.07) is 0. The zero-order valence-electron chi connectivity index (χ0n) is 11.7. The molecular formula is C13H22N4O2. The second kappa shape index (κ2) is 5.67. The molecule has 1 fully saturated rings. The largest absolute Gasteiger partial charge is 0.481 e. The van der Waals surface area contributed by atoms with E-state index in [1.165, 1.54) is 12.8 Å². The molecule has 1 aliphatic rings. The van der Waals surface area contributed by atoms with Gasteiger partial charge in [-0.25, -0.2) is 4.68 Å². The van der Waals surface area contributed by atoms with Gasteiger partial charge < -0.3 is 5.11 Å². The summed E-state index contributed by atoms with van der Waals surface area (Å²) in [6.07, 6.45) is 5.81. The number of carboxylic acid groups (broad SMARTS) is 1. The lowest BCUT2D eigenvalue weighted by atomic mass is 9.82. The standard InChI is InChI=1S/C13H22N4O2/c1-3-13(4-2,12(18)19)9-17-11(14-15-16-17)10-7-5-6-8-10/h10H,3-9H2,1-2H3,(H,18,19). The summed E-state index contributed by atoms with van der Waals surface area (Å²) < 4.78 is 1.72. The third kappa shape index (κ3) is 2.62. The first-order chi connectivity index (χ1) is 9.13. The Kier molecular flexibility index (Phi) is 4.17. The molecule has 0 aliphatic heterocycles. The third-order valence-electron chi connectivity index (χ3n) is 4.54. The highest BCUT2D eigenvalue weighted by molar-refractivity contribution is 5.74. The van der Waals surface area contributed by atoms with Crippen LogP contribution in [0.3, 0.4) is 0 Å². The maximum atomic E-state index is 11.6. The van der Waals surface area contributed by atoms with E-state index in [2.05, 4.69) is 15.5 Å². The van der Waals surface area contributed by atoms with Crippen molar-refractivity contribution in [2.75, 3.05) is 0 Å². The maximum absolute atomic E-state index is 11.6. The number of hydrogen-bond donors (Lipinski definition) is 1. The quantitative estimate of drug-likeness (QED) is 0.853. The molecule has 6 heteroatoms. The lowest BCUT2D eigenvalue weighted by molar-refractivity contribution is -0.150. The van der Waals surface area contributed by atoms with Gasteiger partial charge in [-0.15, -0.1) is 5.10 Å². The van der Waals surface area contributed by atoms with Crippen molar-refractivity contribution >= 4 is 5.97 Å². The van der Waals surface area contributed by atoms with E-state index in [9.17, 15) is 9.90 Å². The number of carbonyl (C=O) groups is 1. The zero-order valence-corrected chi connectivity index (χ0v) is 11.7.